The fourth-order valence-corrected chi connectivity index (χ4v) is 1.56. The van der Waals surface area contributed by atoms with Gasteiger partial charge in [-0.3, -0.25) is 15.5 Å². The van der Waals surface area contributed by atoms with Crippen LogP contribution in [0.5, 0.6) is 0 Å². The van der Waals surface area contributed by atoms with E-state index in [-0.39, 0.29) is 28.6 Å². The molecule has 0 unspecified atom stereocenters. The predicted molar refractivity (Wildman–Crippen MR) is 81.2 cm³/mol. The lowest BCUT2D eigenvalue weighted by atomic mass is 10.0. The first-order valence-corrected chi connectivity index (χ1v) is 6.20. The minimum atomic E-state index is -0.512. The van der Waals surface area contributed by atoms with E-state index in [0.717, 1.165) is 0 Å². The fourth-order valence-electron chi connectivity index (χ4n) is 1.56. The zero-order valence-electron chi connectivity index (χ0n) is 11.7. The van der Waals surface area contributed by atoms with Crippen LogP contribution < -0.4 is 11.5 Å². The van der Waals surface area contributed by atoms with E-state index in [1.165, 1.54) is 30.6 Å². The highest BCUT2D eigenvalue weighted by Crippen LogP contribution is 2.20. The molecule has 1 aromatic heterocycles. The Morgan fingerprint density at radius 3 is 2.05 bits per heavy atom. The molecule has 110 valence electrons. The number of nitrogens with one attached hydrogen (secondary N) is 1. The Bertz CT molecular complexity index is 634. The molecule has 1 heterocycles. The fraction of sp³-hybridized carbons (Fsp3) is 0.154. The number of aromatic nitrogens is 2. The van der Waals surface area contributed by atoms with Crippen molar-refractivity contribution < 1.29 is 4.92 Å². The van der Waals surface area contributed by atoms with Crippen molar-refractivity contribution in [2.24, 2.45) is 0 Å². The minimum absolute atomic E-state index is 0.0190. The number of nitro groups is 1. The molecule has 8 heteroatoms. The molecular weight excluding hydrogens is 272 g/mol. The second-order valence-corrected chi connectivity index (χ2v) is 3.70. The topological polar surface area (TPSA) is 145 Å². The van der Waals surface area contributed by atoms with Crippen LogP contribution in [-0.4, -0.2) is 20.6 Å². The number of rotatable bonds is 3. The lowest BCUT2D eigenvalue weighted by Crippen LogP contribution is -2.12. The highest BCUT2D eigenvalue weighted by molar-refractivity contribution is 6.15. The summed E-state index contributed by atoms with van der Waals surface area (Å²) in [5.41, 5.74) is 11.9. The number of hydrogen-bond acceptors (Lipinski definition) is 7. The molecular formula is C13H16N6O2. The Morgan fingerprint density at radius 2 is 1.62 bits per heavy atom. The summed E-state index contributed by atoms with van der Waals surface area (Å²) in [7, 11) is 0. The second-order valence-electron chi connectivity index (χ2n) is 3.70. The molecule has 1 aromatic carbocycles. The van der Waals surface area contributed by atoms with Gasteiger partial charge in [-0.25, -0.2) is 9.97 Å². The van der Waals surface area contributed by atoms with Gasteiger partial charge in [-0.1, -0.05) is 13.8 Å². The van der Waals surface area contributed by atoms with Gasteiger partial charge in [-0.15, -0.1) is 0 Å². The van der Waals surface area contributed by atoms with Crippen molar-refractivity contribution in [2.45, 2.75) is 13.8 Å². The van der Waals surface area contributed by atoms with Crippen molar-refractivity contribution in [2.75, 3.05) is 11.5 Å². The van der Waals surface area contributed by atoms with Crippen LogP contribution in [-0.2, 0) is 0 Å². The molecule has 2 rings (SSSR count). The number of nitro benzene ring substituents is 1. The highest BCUT2D eigenvalue weighted by atomic mass is 16.6. The molecule has 0 radical (unpaired) electrons. The van der Waals surface area contributed by atoms with E-state index in [4.69, 9.17) is 16.9 Å². The van der Waals surface area contributed by atoms with Crippen molar-refractivity contribution in [3.8, 4) is 0 Å². The first kappa shape index (κ1) is 16.0. The molecule has 0 aliphatic carbocycles. The Labute approximate surface area is 121 Å². The van der Waals surface area contributed by atoms with Crippen LogP contribution >= 0.6 is 0 Å². The van der Waals surface area contributed by atoms with Gasteiger partial charge in [0.25, 0.3) is 5.69 Å². The van der Waals surface area contributed by atoms with E-state index in [9.17, 15) is 10.1 Å². The molecule has 0 bridgehead atoms. The lowest BCUT2D eigenvalue weighted by molar-refractivity contribution is -0.384. The van der Waals surface area contributed by atoms with E-state index in [0.29, 0.717) is 5.56 Å². The van der Waals surface area contributed by atoms with E-state index in [1.807, 2.05) is 13.8 Å². The van der Waals surface area contributed by atoms with Crippen LogP contribution in [0.2, 0.25) is 0 Å². The van der Waals surface area contributed by atoms with Gasteiger partial charge in [0.1, 0.15) is 18.0 Å². The number of non-ortho nitro benzene ring substituents is 1. The third-order valence-electron chi connectivity index (χ3n) is 2.52. The summed E-state index contributed by atoms with van der Waals surface area (Å²) >= 11 is 0. The molecule has 0 aliphatic heterocycles. The molecule has 5 N–H and O–H groups in total. The summed E-state index contributed by atoms with van der Waals surface area (Å²) in [5, 5.41) is 18.6. The SMILES string of the molecule is CC.N=C(c1ccc([N+](=O)[O-])cc1)c1c(N)ncnc1N. The molecule has 0 amide bonds. The number of nitrogens with two attached hydrogens (primary N) is 2. The number of nitrogens with zero attached hydrogens (tertiary/aromatic N) is 3. The van der Waals surface area contributed by atoms with E-state index < -0.39 is 4.92 Å². The quantitative estimate of drug-likeness (QED) is 0.447. The van der Waals surface area contributed by atoms with E-state index in [2.05, 4.69) is 9.97 Å². The monoisotopic (exact) mass is 288 g/mol. The third kappa shape index (κ3) is 3.50. The van der Waals surface area contributed by atoms with Crippen LogP contribution in [0.15, 0.2) is 30.6 Å². The Kier molecular flexibility index (Phi) is 5.30. The van der Waals surface area contributed by atoms with Crippen LogP contribution in [0, 0.1) is 15.5 Å². The van der Waals surface area contributed by atoms with Gasteiger partial charge >= 0.3 is 0 Å². The molecule has 8 nitrogen and oxygen atoms in total. The number of nitrogen functional groups attached to an aromatic ring is 2. The molecule has 0 atom stereocenters. The Morgan fingerprint density at radius 1 is 1.14 bits per heavy atom. The minimum Gasteiger partial charge on any atom is -0.383 e. The van der Waals surface area contributed by atoms with E-state index >= 15 is 0 Å². The van der Waals surface area contributed by atoms with Gasteiger partial charge in [0.15, 0.2) is 0 Å². The van der Waals surface area contributed by atoms with Gasteiger partial charge in [-0.05, 0) is 12.1 Å². The maximum Gasteiger partial charge on any atom is 0.269 e. The zero-order chi connectivity index (χ0) is 16.0. The summed E-state index contributed by atoms with van der Waals surface area (Å²) in [6.45, 7) is 4.00. The number of hydrogen-bond donors (Lipinski definition) is 3. The molecule has 0 spiro atoms. The summed E-state index contributed by atoms with van der Waals surface area (Å²) in [6, 6.07) is 5.51. The van der Waals surface area contributed by atoms with Gasteiger partial charge in [-0.2, -0.15) is 0 Å². The normalized spacial score (nSPS) is 9.43. The maximum absolute atomic E-state index is 10.6. The molecule has 0 saturated heterocycles. The molecule has 0 fully saturated rings. The molecule has 0 saturated carbocycles. The number of anilines is 2. The Balaban J connectivity index is 0.00000106. The average Bonchev–Trinajstić information content (AvgIpc) is 2.49. The van der Waals surface area contributed by atoms with Crippen LogP contribution in [0.4, 0.5) is 17.3 Å². The summed E-state index contributed by atoms with van der Waals surface area (Å²) < 4.78 is 0. The van der Waals surface area contributed by atoms with Crippen LogP contribution in [0.1, 0.15) is 25.0 Å². The highest BCUT2D eigenvalue weighted by Gasteiger charge is 2.15. The molecule has 2 aromatic rings. The van der Waals surface area contributed by atoms with Crippen LogP contribution in [0.25, 0.3) is 0 Å². The van der Waals surface area contributed by atoms with Gasteiger partial charge in [0.05, 0.1) is 16.2 Å². The van der Waals surface area contributed by atoms with Crippen molar-refractivity contribution in [1.82, 2.24) is 9.97 Å². The summed E-state index contributed by atoms with van der Waals surface area (Å²) in [6.07, 6.45) is 1.21. The molecule has 0 aliphatic rings. The third-order valence-corrected chi connectivity index (χ3v) is 2.52. The van der Waals surface area contributed by atoms with Crippen molar-refractivity contribution in [3.63, 3.8) is 0 Å². The summed E-state index contributed by atoms with van der Waals surface area (Å²) in [5.74, 6) is 0.187. The van der Waals surface area contributed by atoms with Crippen LogP contribution in [0.3, 0.4) is 0 Å². The lowest BCUT2D eigenvalue weighted by Gasteiger charge is -2.08. The predicted octanol–water partition coefficient (Wildman–Crippen LogP) is 1.99. The van der Waals surface area contributed by atoms with Crippen molar-refractivity contribution in [1.29, 1.82) is 5.41 Å². The smallest absolute Gasteiger partial charge is 0.269 e. The van der Waals surface area contributed by atoms with Crippen molar-refractivity contribution >= 4 is 23.0 Å². The first-order valence-electron chi connectivity index (χ1n) is 6.20. The largest absolute Gasteiger partial charge is 0.383 e. The van der Waals surface area contributed by atoms with E-state index in [1.54, 1.807) is 0 Å². The van der Waals surface area contributed by atoms with Crippen molar-refractivity contribution in [3.05, 3.63) is 51.8 Å². The Hall–Kier alpha value is -3.03. The second kappa shape index (κ2) is 6.94. The maximum atomic E-state index is 10.6. The van der Waals surface area contributed by atoms with Gasteiger partial charge in [0.2, 0.25) is 0 Å². The van der Waals surface area contributed by atoms with Gasteiger partial charge in [0, 0.05) is 17.7 Å². The molecule has 21 heavy (non-hydrogen) atoms. The number of benzene rings is 1. The average molecular weight is 288 g/mol. The van der Waals surface area contributed by atoms with Gasteiger partial charge < -0.3 is 11.5 Å². The summed E-state index contributed by atoms with van der Waals surface area (Å²) in [4.78, 5) is 17.6. The first-order chi connectivity index (χ1) is 10.0. The standard InChI is InChI=1S/C11H10N6O2.C2H6/c12-9(8-10(13)15-5-16-11(8)14)6-1-3-7(4-2-6)17(18)19;1-2/h1-5,12H,(H4,13,14,15,16);1-2H3. The zero-order valence-corrected chi connectivity index (χ0v) is 11.7.